The standard InChI is InChI=1S/C15H18ClN3O3/c1-22-9-14(20)18-6-4-11(5-7-18)19-13-3-2-10(16)8-12(13)17-15(19)21/h2-3,8,11H,4-7,9H2,1H3,(H,17,21). The van der Waals surface area contributed by atoms with Crippen molar-refractivity contribution < 1.29 is 9.53 Å². The number of aromatic nitrogens is 2. The number of carbonyl (C=O) groups is 1. The number of nitrogens with one attached hydrogen (secondary N) is 1. The minimum Gasteiger partial charge on any atom is -0.375 e. The Morgan fingerprint density at radius 1 is 1.41 bits per heavy atom. The molecule has 0 aliphatic carbocycles. The van der Waals surface area contributed by atoms with Crippen molar-refractivity contribution in [1.29, 1.82) is 0 Å². The number of benzene rings is 1. The number of aromatic amines is 1. The maximum absolute atomic E-state index is 12.2. The molecular weight excluding hydrogens is 306 g/mol. The molecule has 0 spiro atoms. The first-order valence-electron chi connectivity index (χ1n) is 7.26. The van der Waals surface area contributed by atoms with E-state index >= 15 is 0 Å². The minimum atomic E-state index is -0.126. The van der Waals surface area contributed by atoms with Crippen LogP contribution in [0.4, 0.5) is 0 Å². The van der Waals surface area contributed by atoms with Crippen LogP contribution in [0, 0.1) is 0 Å². The number of fused-ring (bicyclic) bond motifs is 1. The molecule has 0 unspecified atom stereocenters. The van der Waals surface area contributed by atoms with Crippen LogP contribution >= 0.6 is 11.6 Å². The second kappa shape index (κ2) is 6.14. The molecule has 0 saturated carbocycles. The van der Waals surface area contributed by atoms with Gasteiger partial charge in [-0.1, -0.05) is 11.6 Å². The van der Waals surface area contributed by atoms with E-state index in [-0.39, 0.29) is 24.2 Å². The number of imidazole rings is 1. The van der Waals surface area contributed by atoms with E-state index < -0.39 is 0 Å². The van der Waals surface area contributed by atoms with Crippen LogP contribution in [0.15, 0.2) is 23.0 Å². The van der Waals surface area contributed by atoms with Gasteiger partial charge in [-0.25, -0.2) is 4.79 Å². The number of hydrogen-bond donors (Lipinski definition) is 1. The summed E-state index contributed by atoms with van der Waals surface area (Å²) in [5.41, 5.74) is 1.48. The summed E-state index contributed by atoms with van der Waals surface area (Å²) in [5.74, 6) is -0.000921. The number of nitrogens with zero attached hydrogens (tertiary/aromatic N) is 2. The lowest BCUT2D eigenvalue weighted by Gasteiger charge is -2.32. The topological polar surface area (TPSA) is 67.3 Å². The molecule has 2 heterocycles. The number of likely N-dealkylation sites (tertiary alicyclic amines) is 1. The summed E-state index contributed by atoms with van der Waals surface area (Å²) in [6, 6.07) is 5.49. The molecule has 0 radical (unpaired) electrons. The lowest BCUT2D eigenvalue weighted by atomic mass is 10.0. The summed E-state index contributed by atoms with van der Waals surface area (Å²) in [6.07, 6.45) is 1.51. The molecule has 1 aromatic carbocycles. The van der Waals surface area contributed by atoms with Crippen molar-refractivity contribution in [3.05, 3.63) is 33.7 Å². The number of hydrogen-bond acceptors (Lipinski definition) is 3. The van der Waals surface area contributed by atoms with Gasteiger partial charge in [0, 0.05) is 31.3 Å². The number of amides is 1. The summed E-state index contributed by atoms with van der Waals surface area (Å²) in [7, 11) is 1.52. The molecule has 1 saturated heterocycles. The first-order chi connectivity index (χ1) is 10.6. The van der Waals surface area contributed by atoms with Crippen LogP contribution < -0.4 is 5.69 Å². The normalized spacial score (nSPS) is 16.4. The highest BCUT2D eigenvalue weighted by Gasteiger charge is 2.25. The van der Waals surface area contributed by atoms with Crippen LogP contribution in [-0.2, 0) is 9.53 Å². The van der Waals surface area contributed by atoms with Crippen LogP contribution in [-0.4, -0.2) is 47.2 Å². The smallest absolute Gasteiger partial charge is 0.326 e. The highest BCUT2D eigenvalue weighted by Crippen LogP contribution is 2.26. The third-order valence-electron chi connectivity index (χ3n) is 4.13. The zero-order valence-electron chi connectivity index (χ0n) is 12.3. The predicted molar refractivity (Wildman–Crippen MR) is 84.3 cm³/mol. The van der Waals surface area contributed by atoms with Crippen molar-refractivity contribution >= 4 is 28.5 Å². The predicted octanol–water partition coefficient (Wildman–Crippen LogP) is 1.79. The number of rotatable bonds is 3. The minimum absolute atomic E-state index is 0.000921. The first-order valence-corrected chi connectivity index (χ1v) is 7.64. The maximum Gasteiger partial charge on any atom is 0.326 e. The van der Waals surface area contributed by atoms with Crippen LogP contribution in [0.25, 0.3) is 11.0 Å². The van der Waals surface area contributed by atoms with E-state index in [0.717, 1.165) is 23.9 Å². The van der Waals surface area contributed by atoms with Gasteiger partial charge in [0.25, 0.3) is 0 Å². The lowest BCUT2D eigenvalue weighted by Crippen LogP contribution is -2.41. The Labute approximate surface area is 132 Å². The lowest BCUT2D eigenvalue weighted by molar-refractivity contribution is -0.136. The summed E-state index contributed by atoms with van der Waals surface area (Å²) in [6.45, 7) is 1.38. The molecule has 2 aromatic rings. The molecule has 0 atom stereocenters. The average molecular weight is 324 g/mol. The van der Waals surface area contributed by atoms with Gasteiger partial charge >= 0.3 is 5.69 Å². The van der Waals surface area contributed by atoms with E-state index in [2.05, 4.69) is 4.98 Å². The van der Waals surface area contributed by atoms with Gasteiger partial charge < -0.3 is 14.6 Å². The number of carbonyl (C=O) groups excluding carboxylic acids is 1. The molecule has 1 aliphatic rings. The Hall–Kier alpha value is -1.79. The van der Waals surface area contributed by atoms with E-state index in [4.69, 9.17) is 16.3 Å². The Morgan fingerprint density at radius 3 is 2.82 bits per heavy atom. The average Bonchev–Trinajstić information content (AvgIpc) is 2.82. The van der Waals surface area contributed by atoms with E-state index in [1.54, 1.807) is 21.6 Å². The van der Waals surface area contributed by atoms with E-state index in [1.807, 2.05) is 6.07 Å². The Kier molecular flexibility index (Phi) is 4.22. The Morgan fingerprint density at radius 2 is 2.14 bits per heavy atom. The number of ether oxygens (including phenoxy) is 1. The van der Waals surface area contributed by atoms with E-state index in [0.29, 0.717) is 18.1 Å². The molecular formula is C15H18ClN3O3. The van der Waals surface area contributed by atoms with Crippen molar-refractivity contribution in [3.63, 3.8) is 0 Å². The van der Waals surface area contributed by atoms with Gasteiger partial charge in [-0.05, 0) is 31.0 Å². The van der Waals surface area contributed by atoms with Crippen molar-refractivity contribution in [2.45, 2.75) is 18.9 Å². The maximum atomic E-state index is 12.2. The van der Waals surface area contributed by atoms with Crippen molar-refractivity contribution in [2.24, 2.45) is 0 Å². The molecule has 6 nitrogen and oxygen atoms in total. The van der Waals surface area contributed by atoms with Gasteiger partial charge in [-0.2, -0.15) is 0 Å². The Balaban J connectivity index is 1.81. The molecule has 3 rings (SSSR count). The summed E-state index contributed by atoms with van der Waals surface area (Å²) in [5, 5.41) is 0.598. The van der Waals surface area contributed by atoms with Crippen LogP contribution in [0.1, 0.15) is 18.9 Å². The molecule has 1 amide bonds. The van der Waals surface area contributed by atoms with Gasteiger partial charge in [0.1, 0.15) is 6.61 Å². The second-order valence-corrected chi connectivity index (χ2v) is 5.94. The first kappa shape index (κ1) is 15.1. The molecule has 7 heteroatoms. The second-order valence-electron chi connectivity index (χ2n) is 5.51. The fraction of sp³-hybridized carbons (Fsp3) is 0.467. The Bertz CT molecular complexity index is 744. The zero-order valence-corrected chi connectivity index (χ0v) is 13.1. The van der Waals surface area contributed by atoms with Gasteiger partial charge in [0.15, 0.2) is 0 Å². The van der Waals surface area contributed by atoms with Crippen LogP contribution in [0.3, 0.4) is 0 Å². The van der Waals surface area contributed by atoms with Crippen molar-refractivity contribution in [2.75, 3.05) is 26.8 Å². The third-order valence-corrected chi connectivity index (χ3v) is 4.36. The molecule has 1 aliphatic heterocycles. The summed E-state index contributed by atoms with van der Waals surface area (Å²) < 4.78 is 6.66. The third kappa shape index (κ3) is 2.76. The molecule has 22 heavy (non-hydrogen) atoms. The van der Waals surface area contributed by atoms with Crippen LogP contribution in [0.5, 0.6) is 0 Å². The monoisotopic (exact) mass is 323 g/mol. The fourth-order valence-electron chi connectivity index (χ4n) is 3.05. The van der Waals surface area contributed by atoms with Gasteiger partial charge in [-0.3, -0.25) is 9.36 Å². The van der Waals surface area contributed by atoms with E-state index in [9.17, 15) is 9.59 Å². The fourth-order valence-corrected chi connectivity index (χ4v) is 3.23. The highest BCUT2D eigenvalue weighted by molar-refractivity contribution is 6.31. The van der Waals surface area contributed by atoms with Crippen LogP contribution in [0.2, 0.25) is 5.02 Å². The molecule has 1 fully saturated rings. The van der Waals surface area contributed by atoms with E-state index in [1.165, 1.54) is 7.11 Å². The number of methoxy groups -OCH3 is 1. The van der Waals surface area contributed by atoms with Gasteiger partial charge in [0.05, 0.1) is 11.0 Å². The number of piperidine rings is 1. The molecule has 1 aromatic heterocycles. The van der Waals surface area contributed by atoms with Gasteiger partial charge in [-0.15, -0.1) is 0 Å². The summed E-state index contributed by atoms with van der Waals surface area (Å²) >= 11 is 5.96. The number of halogens is 1. The molecule has 1 N–H and O–H groups in total. The quantitative estimate of drug-likeness (QED) is 0.936. The number of H-pyrrole nitrogens is 1. The van der Waals surface area contributed by atoms with Crippen molar-refractivity contribution in [3.8, 4) is 0 Å². The molecule has 0 bridgehead atoms. The van der Waals surface area contributed by atoms with Gasteiger partial charge in [0.2, 0.25) is 5.91 Å². The van der Waals surface area contributed by atoms with Crippen molar-refractivity contribution in [1.82, 2.24) is 14.5 Å². The summed E-state index contributed by atoms with van der Waals surface area (Å²) in [4.78, 5) is 28.7. The SMILES string of the molecule is COCC(=O)N1CCC(n2c(=O)[nH]c3cc(Cl)ccc32)CC1. The molecule has 118 valence electrons. The zero-order chi connectivity index (χ0) is 15.7. The largest absolute Gasteiger partial charge is 0.375 e. The highest BCUT2D eigenvalue weighted by atomic mass is 35.5.